The second-order valence-corrected chi connectivity index (χ2v) is 20.5. The van der Waals surface area contributed by atoms with Crippen molar-refractivity contribution < 1.29 is 28.6 Å². The quantitative estimate of drug-likeness (QED) is 0.0261. The van der Waals surface area contributed by atoms with E-state index in [4.69, 9.17) is 14.2 Å². The molecular weight excluding hydrogens is 949 g/mol. The molecule has 1 atom stereocenters. The van der Waals surface area contributed by atoms with Crippen LogP contribution in [0.2, 0.25) is 0 Å². The van der Waals surface area contributed by atoms with Crippen LogP contribution in [0.1, 0.15) is 278 Å². The molecule has 6 heteroatoms. The number of unbranched alkanes of at least 4 members (excludes halogenated alkanes) is 23. The lowest BCUT2D eigenvalue weighted by atomic mass is 10.1. The minimum atomic E-state index is -0.819. The number of hydrogen-bond donors (Lipinski definition) is 0. The molecule has 6 nitrogen and oxygen atoms in total. The van der Waals surface area contributed by atoms with Crippen molar-refractivity contribution in [1.82, 2.24) is 0 Å². The van der Waals surface area contributed by atoms with Gasteiger partial charge in [-0.1, -0.05) is 270 Å². The molecule has 0 aromatic carbocycles. The molecule has 77 heavy (non-hydrogen) atoms. The van der Waals surface area contributed by atoms with Crippen molar-refractivity contribution in [2.75, 3.05) is 13.2 Å². The van der Waals surface area contributed by atoms with E-state index in [1.807, 2.05) is 6.08 Å². The van der Waals surface area contributed by atoms with Crippen molar-refractivity contribution in [2.24, 2.45) is 0 Å². The predicted octanol–water partition coefficient (Wildman–Crippen LogP) is 21.8. The lowest BCUT2D eigenvalue weighted by molar-refractivity contribution is -0.166. The molecule has 0 heterocycles. The average Bonchev–Trinajstić information content (AvgIpc) is 3.43. The van der Waals surface area contributed by atoms with Gasteiger partial charge in [-0.15, -0.1) is 0 Å². The summed E-state index contributed by atoms with van der Waals surface area (Å²) < 4.78 is 16.8. The van der Waals surface area contributed by atoms with Gasteiger partial charge in [-0.25, -0.2) is 0 Å². The van der Waals surface area contributed by atoms with E-state index in [2.05, 4.69) is 148 Å². The molecule has 0 bridgehead atoms. The molecule has 0 aromatic rings. The third-order valence-electron chi connectivity index (χ3n) is 13.1. The molecule has 0 N–H and O–H groups in total. The number of allylic oxidation sites excluding steroid dienone is 22. The van der Waals surface area contributed by atoms with E-state index in [9.17, 15) is 14.4 Å². The van der Waals surface area contributed by atoms with Crippen LogP contribution >= 0.6 is 0 Å². The first-order chi connectivity index (χ1) is 38.0. The van der Waals surface area contributed by atoms with Crippen LogP contribution < -0.4 is 0 Å². The summed E-state index contributed by atoms with van der Waals surface area (Å²) in [5.41, 5.74) is 0. The van der Waals surface area contributed by atoms with E-state index >= 15 is 0 Å². The highest BCUT2D eigenvalue weighted by Gasteiger charge is 2.19. The van der Waals surface area contributed by atoms with Gasteiger partial charge in [0.25, 0.3) is 0 Å². The summed E-state index contributed by atoms with van der Waals surface area (Å²) in [6.07, 6.45) is 90.4. The summed E-state index contributed by atoms with van der Waals surface area (Å²) in [6.45, 7) is 6.33. The minimum absolute atomic E-state index is 0.109. The average molecular weight is 1070 g/mol. The number of carbonyl (C=O) groups excluding carboxylic acids is 3. The third-order valence-corrected chi connectivity index (χ3v) is 13.1. The van der Waals surface area contributed by atoms with Crippen molar-refractivity contribution >= 4 is 17.9 Å². The van der Waals surface area contributed by atoms with Crippen molar-refractivity contribution in [3.63, 3.8) is 0 Å². The van der Waals surface area contributed by atoms with Crippen molar-refractivity contribution in [1.29, 1.82) is 0 Å². The highest BCUT2D eigenvalue weighted by atomic mass is 16.6. The molecular formula is C71H116O6. The summed E-state index contributed by atoms with van der Waals surface area (Å²) in [5.74, 6) is -1.00. The predicted molar refractivity (Wildman–Crippen MR) is 334 cm³/mol. The van der Waals surface area contributed by atoms with Crippen LogP contribution in [0.4, 0.5) is 0 Å². The molecule has 0 saturated carbocycles. The molecule has 0 spiro atoms. The molecule has 0 radical (unpaired) electrons. The van der Waals surface area contributed by atoms with Gasteiger partial charge in [0.2, 0.25) is 0 Å². The summed E-state index contributed by atoms with van der Waals surface area (Å²) in [6, 6.07) is 0. The van der Waals surface area contributed by atoms with Crippen LogP contribution in [-0.2, 0) is 28.6 Å². The van der Waals surface area contributed by atoms with Crippen LogP contribution in [-0.4, -0.2) is 37.2 Å². The Balaban J connectivity index is 4.41. The lowest BCUT2D eigenvalue weighted by Gasteiger charge is -2.18. The van der Waals surface area contributed by atoms with Gasteiger partial charge in [0.05, 0.1) is 0 Å². The lowest BCUT2D eigenvalue weighted by Crippen LogP contribution is -2.30. The number of esters is 3. The van der Waals surface area contributed by atoms with E-state index in [1.165, 1.54) is 122 Å². The Morgan fingerprint density at radius 1 is 0.273 bits per heavy atom. The van der Waals surface area contributed by atoms with Crippen molar-refractivity contribution in [3.05, 3.63) is 134 Å². The summed E-state index contributed by atoms with van der Waals surface area (Å²) in [4.78, 5) is 38.3. The van der Waals surface area contributed by atoms with Gasteiger partial charge in [-0.3, -0.25) is 14.4 Å². The Bertz CT molecular complexity index is 1650. The highest BCUT2D eigenvalue weighted by molar-refractivity contribution is 5.71. The fourth-order valence-electron chi connectivity index (χ4n) is 8.45. The molecule has 0 rings (SSSR count). The Labute approximate surface area is 475 Å². The zero-order valence-corrected chi connectivity index (χ0v) is 49.9. The van der Waals surface area contributed by atoms with E-state index in [0.717, 1.165) is 109 Å². The monoisotopic (exact) mass is 1060 g/mol. The van der Waals surface area contributed by atoms with Gasteiger partial charge in [0.15, 0.2) is 6.10 Å². The standard InChI is InChI=1S/C71H116O6/c1-4-7-10-13-16-19-22-25-27-29-31-33-35-37-39-41-43-46-49-52-55-58-61-64-70(73)76-67-68(66-75-69(72)63-60-57-54-51-48-45-24-21-18-15-12-9-6-3)77-71(74)65-62-59-56-53-50-47-44-42-40-38-36-34-32-30-28-26-23-20-17-14-11-8-5-2/h7,9-10,12,16,18-19,21,23,25-27,30-33,36,38,45,48,54,57,68H,4-6,8,11,13-15,17,20,22,24,28-29,34-35,37,39-44,46-47,49-53,55-56,58-67H2,1-3H3/b10-7-,12-9-,19-16-,21-18-,26-23-,27-25-,32-30-,33-31-,38-36-,48-45-,57-54-. The molecule has 0 aliphatic heterocycles. The number of carbonyl (C=O) groups is 3. The second kappa shape index (κ2) is 64.1. The molecule has 0 aliphatic carbocycles. The van der Waals surface area contributed by atoms with Crippen LogP contribution in [0.3, 0.4) is 0 Å². The Morgan fingerprint density at radius 2 is 0.532 bits per heavy atom. The fourth-order valence-corrected chi connectivity index (χ4v) is 8.45. The normalized spacial score (nSPS) is 13.0. The van der Waals surface area contributed by atoms with Crippen LogP contribution in [0.25, 0.3) is 0 Å². The molecule has 0 amide bonds. The maximum Gasteiger partial charge on any atom is 0.306 e. The van der Waals surface area contributed by atoms with Gasteiger partial charge in [-0.2, -0.15) is 0 Å². The van der Waals surface area contributed by atoms with Gasteiger partial charge >= 0.3 is 17.9 Å². The molecule has 0 aliphatic rings. The Kier molecular flexibility index (Phi) is 60.4. The second-order valence-electron chi connectivity index (χ2n) is 20.5. The SMILES string of the molecule is CC/C=C\C/C=C\C/C=C\C/C=C\CCCCCCCCCCCCC(=O)OCC(COC(=O)CC/C=C\C/C=C\C/C=C\C/C=C\CC)OC(=O)CCCCCCCCCC/C=C\C/C=C\C/C=C\CCCCCCC. The van der Waals surface area contributed by atoms with Gasteiger partial charge in [0.1, 0.15) is 13.2 Å². The first-order valence-electron chi connectivity index (χ1n) is 31.7. The molecule has 1 unspecified atom stereocenters. The number of rotatable bonds is 56. The van der Waals surface area contributed by atoms with Crippen LogP contribution in [0.15, 0.2) is 134 Å². The molecule has 0 saturated heterocycles. The van der Waals surface area contributed by atoms with Crippen LogP contribution in [0.5, 0.6) is 0 Å². The zero-order valence-electron chi connectivity index (χ0n) is 49.9. The first kappa shape index (κ1) is 72.5. The zero-order chi connectivity index (χ0) is 55.7. The molecule has 0 aromatic heterocycles. The topological polar surface area (TPSA) is 78.9 Å². The largest absolute Gasteiger partial charge is 0.462 e. The maximum absolute atomic E-state index is 12.9. The van der Waals surface area contributed by atoms with Gasteiger partial charge in [-0.05, 0) is 122 Å². The first-order valence-corrected chi connectivity index (χ1v) is 31.7. The Morgan fingerprint density at radius 3 is 0.870 bits per heavy atom. The van der Waals surface area contributed by atoms with Crippen molar-refractivity contribution in [2.45, 2.75) is 284 Å². The van der Waals surface area contributed by atoms with E-state index < -0.39 is 6.10 Å². The third kappa shape index (κ3) is 62.3. The van der Waals surface area contributed by atoms with E-state index in [0.29, 0.717) is 19.3 Å². The summed E-state index contributed by atoms with van der Waals surface area (Å²) >= 11 is 0. The number of hydrogen-bond acceptors (Lipinski definition) is 6. The highest BCUT2D eigenvalue weighted by Crippen LogP contribution is 2.15. The molecule has 0 fully saturated rings. The summed E-state index contributed by atoms with van der Waals surface area (Å²) in [5, 5.41) is 0. The van der Waals surface area contributed by atoms with E-state index in [1.54, 1.807) is 0 Å². The smallest absolute Gasteiger partial charge is 0.306 e. The maximum atomic E-state index is 12.9. The van der Waals surface area contributed by atoms with Gasteiger partial charge in [0, 0.05) is 19.3 Å². The number of ether oxygens (including phenoxy) is 3. The minimum Gasteiger partial charge on any atom is -0.462 e. The van der Waals surface area contributed by atoms with E-state index in [-0.39, 0.29) is 37.5 Å². The van der Waals surface area contributed by atoms with Crippen molar-refractivity contribution in [3.8, 4) is 0 Å². The van der Waals surface area contributed by atoms with Gasteiger partial charge < -0.3 is 14.2 Å². The molecule has 436 valence electrons. The van der Waals surface area contributed by atoms with Crippen LogP contribution in [0, 0.1) is 0 Å². The summed E-state index contributed by atoms with van der Waals surface area (Å²) in [7, 11) is 0. The Hall–Kier alpha value is -4.45. The fraction of sp³-hybridized carbons (Fsp3) is 0.648.